The van der Waals surface area contributed by atoms with Gasteiger partial charge in [0.05, 0.1) is 10.6 Å². The molecule has 0 bridgehead atoms. The number of hydrogen-bond acceptors (Lipinski definition) is 6. The van der Waals surface area contributed by atoms with Gasteiger partial charge in [0, 0.05) is 19.3 Å². The van der Waals surface area contributed by atoms with Gasteiger partial charge in [-0.15, -0.1) is 0 Å². The highest BCUT2D eigenvalue weighted by molar-refractivity contribution is 5.74. The molecular weight excluding hydrogens is 248 g/mol. The molecule has 0 spiro atoms. The molecule has 2 aromatic rings. The van der Waals surface area contributed by atoms with E-state index in [9.17, 15) is 10.1 Å². The van der Waals surface area contributed by atoms with E-state index in [2.05, 4.69) is 20.4 Å². The summed E-state index contributed by atoms with van der Waals surface area (Å²) in [5.74, 6) is 0.223. The van der Waals surface area contributed by atoms with Gasteiger partial charge in [-0.1, -0.05) is 0 Å². The standard InChI is InChI=1S/C11H14N6O2/c1-3-12-11-10(17(18)19)9(13-7-14-11)8-5-6-15-16(8)4-2/h5-7H,3-4H2,1-2H3,(H,12,13,14). The summed E-state index contributed by atoms with van der Waals surface area (Å²) < 4.78 is 1.66. The number of anilines is 1. The fourth-order valence-electron chi connectivity index (χ4n) is 1.82. The molecule has 8 nitrogen and oxygen atoms in total. The lowest BCUT2D eigenvalue weighted by Crippen LogP contribution is -2.08. The summed E-state index contributed by atoms with van der Waals surface area (Å²) in [6.07, 6.45) is 2.91. The van der Waals surface area contributed by atoms with Gasteiger partial charge in [0.25, 0.3) is 0 Å². The van der Waals surface area contributed by atoms with E-state index in [1.54, 1.807) is 16.9 Å². The Labute approximate surface area is 109 Å². The quantitative estimate of drug-likeness (QED) is 0.650. The molecule has 1 N–H and O–H groups in total. The molecule has 0 fully saturated rings. The Morgan fingerprint density at radius 1 is 1.42 bits per heavy atom. The molecule has 0 unspecified atom stereocenters. The zero-order chi connectivity index (χ0) is 13.8. The lowest BCUT2D eigenvalue weighted by Gasteiger charge is -2.08. The van der Waals surface area contributed by atoms with E-state index in [1.165, 1.54) is 6.33 Å². The zero-order valence-electron chi connectivity index (χ0n) is 10.7. The number of aromatic nitrogens is 4. The summed E-state index contributed by atoms with van der Waals surface area (Å²) in [6, 6.07) is 1.70. The van der Waals surface area contributed by atoms with Gasteiger partial charge in [-0.2, -0.15) is 5.10 Å². The van der Waals surface area contributed by atoms with Crippen LogP contribution in [0.25, 0.3) is 11.4 Å². The predicted molar refractivity (Wildman–Crippen MR) is 69.7 cm³/mol. The van der Waals surface area contributed by atoms with Gasteiger partial charge in [0.1, 0.15) is 6.33 Å². The second-order valence-corrected chi connectivity index (χ2v) is 3.74. The highest BCUT2D eigenvalue weighted by atomic mass is 16.6. The Morgan fingerprint density at radius 3 is 2.84 bits per heavy atom. The van der Waals surface area contributed by atoms with Crippen LogP contribution in [0.2, 0.25) is 0 Å². The molecule has 0 saturated heterocycles. The number of aryl methyl sites for hydroxylation is 1. The van der Waals surface area contributed by atoms with Gasteiger partial charge < -0.3 is 5.32 Å². The van der Waals surface area contributed by atoms with Crippen LogP contribution in [-0.2, 0) is 6.54 Å². The smallest absolute Gasteiger partial charge is 0.338 e. The van der Waals surface area contributed by atoms with E-state index in [1.807, 2.05) is 13.8 Å². The second-order valence-electron chi connectivity index (χ2n) is 3.74. The fourth-order valence-corrected chi connectivity index (χ4v) is 1.82. The molecule has 0 aliphatic rings. The first-order valence-electron chi connectivity index (χ1n) is 5.94. The molecule has 0 aliphatic carbocycles. The number of rotatable bonds is 5. The van der Waals surface area contributed by atoms with E-state index in [0.29, 0.717) is 18.8 Å². The van der Waals surface area contributed by atoms with Crippen LogP contribution in [0.3, 0.4) is 0 Å². The molecule has 2 rings (SSSR count). The van der Waals surface area contributed by atoms with E-state index in [4.69, 9.17) is 0 Å². The number of nitro groups is 1. The third-order valence-corrected chi connectivity index (χ3v) is 2.61. The van der Waals surface area contributed by atoms with Crippen LogP contribution in [0.1, 0.15) is 13.8 Å². The first-order valence-corrected chi connectivity index (χ1v) is 5.94. The average Bonchev–Trinajstić information content (AvgIpc) is 2.86. The molecule has 0 aliphatic heterocycles. The largest absolute Gasteiger partial charge is 0.364 e. The zero-order valence-corrected chi connectivity index (χ0v) is 10.7. The minimum atomic E-state index is -0.472. The van der Waals surface area contributed by atoms with Crippen molar-refractivity contribution in [1.29, 1.82) is 0 Å². The molecule has 0 atom stereocenters. The number of hydrogen-bond donors (Lipinski definition) is 1. The van der Waals surface area contributed by atoms with E-state index in [-0.39, 0.29) is 17.2 Å². The molecule has 0 aromatic carbocycles. The van der Waals surface area contributed by atoms with Crippen LogP contribution >= 0.6 is 0 Å². The van der Waals surface area contributed by atoms with Gasteiger partial charge in [-0.3, -0.25) is 14.8 Å². The van der Waals surface area contributed by atoms with E-state index >= 15 is 0 Å². The van der Waals surface area contributed by atoms with Crippen molar-refractivity contribution in [2.45, 2.75) is 20.4 Å². The Kier molecular flexibility index (Phi) is 3.69. The van der Waals surface area contributed by atoms with Crippen LogP contribution < -0.4 is 5.32 Å². The molecule has 8 heteroatoms. The average molecular weight is 262 g/mol. The summed E-state index contributed by atoms with van der Waals surface area (Å²) >= 11 is 0. The van der Waals surface area contributed by atoms with Gasteiger partial charge in [0.15, 0.2) is 5.69 Å². The molecular formula is C11H14N6O2. The van der Waals surface area contributed by atoms with Crippen molar-refractivity contribution in [2.24, 2.45) is 0 Å². The first-order chi connectivity index (χ1) is 9.19. The normalized spacial score (nSPS) is 10.4. The van der Waals surface area contributed by atoms with E-state index in [0.717, 1.165) is 0 Å². The highest BCUT2D eigenvalue weighted by Gasteiger charge is 2.25. The molecule has 0 radical (unpaired) electrons. The minimum absolute atomic E-state index is 0.125. The van der Waals surface area contributed by atoms with Crippen molar-refractivity contribution in [1.82, 2.24) is 19.7 Å². The summed E-state index contributed by atoms with van der Waals surface area (Å²) in [5, 5.41) is 18.2. The first kappa shape index (κ1) is 12.9. The molecule has 2 heterocycles. The topological polar surface area (TPSA) is 98.8 Å². The van der Waals surface area contributed by atoms with Crippen molar-refractivity contribution < 1.29 is 4.92 Å². The predicted octanol–water partition coefficient (Wildman–Crippen LogP) is 1.70. The Balaban J connectivity index is 2.63. The third kappa shape index (κ3) is 2.37. The molecule has 2 aromatic heterocycles. The summed E-state index contributed by atoms with van der Waals surface area (Å²) in [4.78, 5) is 18.8. The van der Waals surface area contributed by atoms with Gasteiger partial charge in [0.2, 0.25) is 5.82 Å². The maximum Gasteiger partial charge on any atom is 0.338 e. The maximum absolute atomic E-state index is 11.3. The molecule has 100 valence electrons. The van der Waals surface area contributed by atoms with Crippen LogP contribution in [0.4, 0.5) is 11.5 Å². The lowest BCUT2D eigenvalue weighted by atomic mass is 10.2. The summed E-state index contributed by atoms with van der Waals surface area (Å²) in [5.41, 5.74) is 0.755. The Bertz CT molecular complexity index is 595. The van der Waals surface area contributed by atoms with Crippen molar-refractivity contribution >= 4 is 11.5 Å². The highest BCUT2D eigenvalue weighted by Crippen LogP contribution is 2.32. The summed E-state index contributed by atoms with van der Waals surface area (Å²) in [7, 11) is 0. The SMILES string of the molecule is CCNc1ncnc(-c2ccnn2CC)c1[N+](=O)[O-]. The van der Waals surface area contributed by atoms with Gasteiger partial charge >= 0.3 is 5.69 Å². The maximum atomic E-state index is 11.3. The van der Waals surface area contributed by atoms with Crippen molar-refractivity contribution in [3.05, 3.63) is 28.7 Å². The van der Waals surface area contributed by atoms with Crippen LogP contribution in [-0.4, -0.2) is 31.2 Å². The molecule has 0 saturated carbocycles. The Morgan fingerprint density at radius 2 is 2.21 bits per heavy atom. The van der Waals surface area contributed by atoms with E-state index < -0.39 is 4.92 Å². The van der Waals surface area contributed by atoms with Crippen LogP contribution in [0.15, 0.2) is 18.6 Å². The Hall–Kier alpha value is -2.51. The van der Waals surface area contributed by atoms with Crippen LogP contribution in [0.5, 0.6) is 0 Å². The second kappa shape index (κ2) is 5.42. The monoisotopic (exact) mass is 262 g/mol. The fraction of sp³-hybridized carbons (Fsp3) is 0.364. The van der Waals surface area contributed by atoms with Crippen molar-refractivity contribution in [2.75, 3.05) is 11.9 Å². The molecule has 0 amide bonds. The number of nitrogens with one attached hydrogen (secondary N) is 1. The lowest BCUT2D eigenvalue weighted by molar-refractivity contribution is -0.383. The van der Waals surface area contributed by atoms with Crippen molar-refractivity contribution in [3.63, 3.8) is 0 Å². The third-order valence-electron chi connectivity index (χ3n) is 2.61. The van der Waals surface area contributed by atoms with Gasteiger partial charge in [-0.25, -0.2) is 9.97 Å². The minimum Gasteiger partial charge on any atom is -0.364 e. The van der Waals surface area contributed by atoms with Gasteiger partial charge in [-0.05, 0) is 19.9 Å². The number of nitrogens with zero attached hydrogens (tertiary/aromatic N) is 5. The summed E-state index contributed by atoms with van der Waals surface area (Å²) in [6.45, 7) is 4.92. The molecule has 19 heavy (non-hydrogen) atoms. The van der Waals surface area contributed by atoms with Crippen molar-refractivity contribution in [3.8, 4) is 11.4 Å². The van der Waals surface area contributed by atoms with Crippen LogP contribution in [0, 0.1) is 10.1 Å².